The Hall–Kier alpha value is -2.43. The summed E-state index contributed by atoms with van der Waals surface area (Å²) < 4.78 is 10.7. The maximum absolute atomic E-state index is 12.4. The van der Waals surface area contributed by atoms with E-state index in [1.807, 2.05) is 6.92 Å². The number of likely N-dealkylation sites (tertiary alicyclic amines) is 1. The second-order valence-corrected chi connectivity index (χ2v) is 8.67. The molecule has 4 rings (SSSR count). The molecule has 1 aromatic heterocycles. The predicted octanol–water partition coefficient (Wildman–Crippen LogP) is 0.312. The maximum Gasteiger partial charge on any atom is 0.410 e. The molecule has 2 aliphatic heterocycles. The molecule has 10 nitrogen and oxygen atoms in total. The third kappa shape index (κ3) is 5.08. The number of nitrogens with one attached hydrogen (secondary N) is 3. The van der Waals surface area contributed by atoms with Crippen molar-refractivity contribution in [1.29, 1.82) is 0 Å². The fourth-order valence-corrected chi connectivity index (χ4v) is 4.57. The summed E-state index contributed by atoms with van der Waals surface area (Å²) in [7, 11) is 1.55. The fourth-order valence-electron chi connectivity index (χ4n) is 4.57. The second kappa shape index (κ2) is 9.37. The number of ether oxygens (including phenoxy) is 2. The van der Waals surface area contributed by atoms with Gasteiger partial charge in [0, 0.05) is 18.3 Å². The zero-order chi connectivity index (χ0) is 22.0. The lowest BCUT2D eigenvalue weighted by atomic mass is 9.96. The van der Waals surface area contributed by atoms with Gasteiger partial charge in [-0.15, -0.1) is 0 Å². The zero-order valence-corrected chi connectivity index (χ0v) is 17.9. The molecule has 170 valence electrons. The van der Waals surface area contributed by atoms with Crippen LogP contribution in [0.5, 0.6) is 5.88 Å². The van der Waals surface area contributed by atoms with Crippen LogP contribution < -0.4 is 20.9 Å². The van der Waals surface area contributed by atoms with Gasteiger partial charge in [0.1, 0.15) is 6.10 Å². The van der Waals surface area contributed by atoms with Crippen molar-refractivity contribution in [2.75, 3.05) is 13.7 Å². The number of nitrogens with zero attached hydrogens (tertiary/aromatic N) is 2. The highest BCUT2D eigenvalue weighted by Crippen LogP contribution is 2.33. The van der Waals surface area contributed by atoms with E-state index >= 15 is 0 Å². The molecule has 1 aromatic rings. The molecule has 2 unspecified atom stereocenters. The third-order valence-corrected chi connectivity index (χ3v) is 6.57. The predicted molar refractivity (Wildman–Crippen MR) is 111 cm³/mol. The first kappa shape index (κ1) is 21.8. The van der Waals surface area contributed by atoms with Crippen molar-refractivity contribution in [2.45, 2.75) is 69.5 Å². The molecule has 2 saturated heterocycles. The first-order chi connectivity index (χ1) is 14.9. The van der Waals surface area contributed by atoms with Crippen molar-refractivity contribution in [2.24, 2.45) is 5.92 Å². The van der Waals surface area contributed by atoms with E-state index < -0.39 is 6.10 Å². The summed E-state index contributed by atoms with van der Waals surface area (Å²) in [6.45, 7) is 2.17. The molecule has 2 amide bonds. The highest BCUT2D eigenvalue weighted by Gasteiger charge is 2.41. The largest absolute Gasteiger partial charge is 0.481 e. The van der Waals surface area contributed by atoms with Crippen LogP contribution in [0.3, 0.4) is 0 Å². The summed E-state index contributed by atoms with van der Waals surface area (Å²) in [5.41, 5.74) is 7.30. The van der Waals surface area contributed by atoms with Gasteiger partial charge < -0.3 is 24.8 Å². The number of amides is 2. The number of rotatable bonds is 6. The number of hydrogen-bond donors (Lipinski definition) is 4. The molecule has 0 radical (unpaired) electrons. The van der Waals surface area contributed by atoms with E-state index in [0.717, 1.165) is 31.2 Å². The van der Waals surface area contributed by atoms with E-state index in [9.17, 15) is 14.7 Å². The van der Waals surface area contributed by atoms with E-state index in [1.165, 1.54) is 0 Å². The second-order valence-electron chi connectivity index (χ2n) is 8.67. The van der Waals surface area contributed by atoms with E-state index in [2.05, 4.69) is 21.2 Å². The summed E-state index contributed by atoms with van der Waals surface area (Å²) in [4.78, 5) is 30.2. The Bertz CT molecular complexity index is 808. The van der Waals surface area contributed by atoms with Crippen LogP contribution in [0.4, 0.5) is 4.79 Å². The van der Waals surface area contributed by atoms with Crippen LogP contribution in [0.25, 0.3) is 0 Å². The number of β-amino-alcohol motifs (C(OH)–C–C–N with tert-alkyl or cyclic N) is 1. The SMILES string of the molecule is COc1cc(CC(=O)NC2CC([C@H]3CC[C@@H](OC(=O)N4C[C@@H](O)[C@@H]4C)C3)NN2)ccn1. The van der Waals surface area contributed by atoms with Crippen molar-refractivity contribution in [1.82, 2.24) is 26.1 Å². The number of pyridine rings is 1. The van der Waals surface area contributed by atoms with Gasteiger partial charge in [-0.2, -0.15) is 0 Å². The molecule has 6 atom stereocenters. The van der Waals surface area contributed by atoms with Crippen LogP contribution in [-0.2, 0) is 16.0 Å². The number of aliphatic hydroxyl groups is 1. The van der Waals surface area contributed by atoms with E-state index in [4.69, 9.17) is 9.47 Å². The van der Waals surface area contributed by atoms with E-state index in [-0.39, 0.29) is 42.8 Å². The van der Waals surface area contributed by atoms with Gasteiger partial charge in [0.15, 0.2) is 0 Å². The lowest BCUT2D eigenvalue weighted by Crippen LogP contribution is -2.61. The van der Waals surface area contributed by atoms with Gasteiger partial charge in [-0.05, 0) is 50.2 Å². The van der Waals surface area contributed by atoms with Crippen molar-refractivity contribution >= 4 is 12.0 Å². The van der Waals surface area contributed by atoms with Crippen LogP contribution in [0.1, 0.15) is 38.2 Å². The highest BCUT2D eigenvalue weighted by molar-refractivity contribution is 5.78. The lowest BCUT2D eigenvalue weighted by molar-refractivity contribution is -0.121. The van der Waals surface area contributed by atoms with Gasteiger partial charge in [0.25, 0.3) is 0 Å². The van der Waals surface area contributed by atoms with Gasteiger partial charge in [-0.3, -0.25) is 10.2 Å². The van der Waals surface area contributed by atoms with Crippen LogP contribution in [0.2, 0.25) is 0 Å². The van der Waals surface area contributed by atoms with E-state index in [1.54, 1.807) is 30.3 Å². The minimum Gasteiger partial charge on any atom is -0.481 e. The standard InChI is InChI=1S/C21H31N5O5/c1-12-17(27)11-26(12)21(29)31-15-4-3-14(9-15)16-10-18(25-24-16)23-19(28)7-13-5-6-22-20(8-13)30-2/h5-6,8,12,14-18,24-25,27H,3-4,7,9-11H2,1-2H3,(H,23,28)/t12-,14-,15+,16?,17+,18?/m0/s1. The lowest BCUT2D eigenvalue weighted by Gasteiger charge is -2.42. The molecule has 31 heavy (non-hydrogen) atoms. The molecule has 3 aliphatic rings. The smallest absolute Gasteiger partial charge is 0.410 e. The minimum absolute atomic E-state index is 0.0720. The molecule has 1 saturated carbocycles. The Morgan fingerprint density at radius 1 is 1.32 bits per heavy atom. The number of methoxy groups -OCH3 is 1. The average Bonchev–Trinajstić information content (AvgIpc) is 3.41. The van der Waals surface area contributed by atoms with Crippen LogP contribution in [-0.4, -0.2) is 71.1 Å². The Balaban J connectivity index is 1.19. The minimum atomic E-state index is -0.453. The molecule has 4 N–H and O–H groups in total. The molecule has 1 aliphatic carbocycles. The summed E-state index contributed by atoms with van der Waals surface area (Å²) in [6, 6.07) is 3.58. The quantitative estimate of drug-likeness (QED) is 0.505. The Labute approximate surface area is 181 Å². The number of hydrazine groups is 1. The van der Waals surface area contributed by atoms with Crippen molar-refractivity contribution in [3.63, 3.8) is 0 Å². The number of hydrogen-bond acceptors (Lipinski definition) is 8. The van der Waals surface area contributed by atoms with Crippen LogP contribution >= 0.6 is 0 Å². The summed E-state index contributed by atoms with van der Waals surface area (Å²) in [5.74, 6) is 0.788. The topological polar surface area (TPSA) is 125 Å². The molecule has 3 fully saturated rings. The first-order valence-corrected chi connectivity index (χ1v) is 10.9. The molecule has 3 heterocycles. The van der Waals surface area contributed by atoms with Gasteiger partial charge in [0.2, 0.25) is 11.8 Å². The molecule has 10 heteroatoms. The average molecular weight is 434 g/mol. The number of carbonyl (C=O) groups excluding carboxylic acids is 2. The van der Waals surface area contributed by atoms with Gasteiger partial charge >= 0.3 is 6.09 Å². The van der Waals surface area contributed by atoms with Crippen molar-refractivity contribution in [3.05, 3.63) is 23.9 Å². The van der Waals surface area contributed by atoms with Gasteiger partial charge in [0.05, 0.1) is 38.4 Å². The number of aliphatic hydroxyl groups excluding tert-OH is 1. The van der Waals surface area contributed by atoms with Crippen LogP contribution in [0.15, 0.2) is 18.3 Å². The normalized spacial score (nSPS) is 32.4. The first-order valence-electron chi connectivity index (χ1n) is 10.9. The number of carbonyl (C=O) groups is 2. The fraction of sp³-hybridized carbons (Fsp3) is 0.667. The zero-order valence-electron chi connectivity index (χ0n) is 17.9. The molecule has 0 aromatic carbocycles. The summed E-state index contributed by atoms with van der Waals surface area (Å²) in [6.07, 6.45) is 4.22. The summed E-state index contributed by atoms with van der Waals surface area (Å²) >= 11 is 0. The Morgan fingerprint density at radius 2 is 2.16 bits per heavy atom. The Morgan fingerprint density at radius 3 is 2.90 bits per heavy atom. The van der Waals surface area contributed by atoms with Gasteiger partial charge in [-0.25, -0.2) is 15.2 Å². The van der Waals surface area contributed by atoms with Crippen molar-refractivity contribution < 1.29 is 24.2 Å². The summed E-state index contributed by atoms with van der Waals surface area (Å²) in [5, 5.41) is 12.6. The highest BCUT2D eigenvalue weighted by atomic mass is 16.6. The van der Waals surface area contributed by atoms with Gasteiger partial charge in [-0.1, -0.05) is 0 Å². The molecule has 0 spiro atoms. The number of aromatic nitrogens is 1. The molecular formula is C21H31N5O5. The maximum atomic E-state index is 12.4. The monoisotopic (exact) mass is 433 g/mol. The molecular weight excluding hydrogens is 402 g/mol. The Kier molecular flexibility index (Phi) is 6.59. The van der Waals surface area contributed by atoms with Crippen molar-refractivity contribution in [3.8, 4) is 5.88 Å². The third-order valence-electron chi connectivity index (χ3n) is 6.57. The molecule has 0 bridgehead atoms. The van der Waals surface area contributed by atoms with Crippen LogP contribution in [0, 0.1) is 5.92 Å². The van der Waals surface area contributed by atoms with E-state index in [0.29, 0.717) is 18.3 Å².